The van der Waals surface area contributed by atoms with Gasteiger partial charge in [0.15, 0.2) is 12.2 Å². The number of nitrogens with one attached hydrogen (secondary N) is 3. The molecule has 10 nitrogen and oxygen atoms in total. The van der Waals surface area contributed by atoms with Gasteiger partial charge in [-0.15, -0.1) is 0 Å². The number of aromatic nitrogens is 1. The van der Waals surface area contributed by atoms with Crippen molar-refractivity contribution in [2.45, 2.75) is 32.9 Å². The minimum Gasteiger partial charge on any atom is -0.496 e. The summed E-state index contributed by atoms with van der Waals surface area (Å²) in [5.74, 6) is 1.11. The summed E-state index contributed by atoms with van der Waals surface area (Å²) in [6, 6.07) is 13.8. The Morgan fingerprint density at radius 1 is 1.14 bits per heavy atom. The van der Waals surface area contributed by atoms with Gasteiger partial charge in [0.1, 0.15) is 11.9 Å². The molecule has 0 fully saturated rings. The van der Waals surface area contributed by atoms with E-state index in [1.165, 1.54) is 13.5 Å². The smallest absolute Gasteiger partial charge is 0.407 e. The van der Waals surface area contributed by atoms with Crippen LogP contribution in [-0.2, 0) is 11.3 Å². The average Bonchev–Trinajstić information content (AvgIpc) is 3.37. The maximum absolute atomic E-state index is 12.5. The zero-order chi connectivity index (χ0) is 25.2. The van der Waals surface area contributed by atoms with Gasteiger partial charge in [0.2, 0.25) is 0 Å². The number of rotatable bonds is 9. The van der Waals surface area contributed by atoms with Crippen molar-refractivity contribution in [3.05, 3.63) is 60.6 Å². The minimum absolute atomic E-state index is 0.0322. The van der Waals surface area contributed by atoms with Crippen molar-refractivity contribution in [1.29, 1.82) is 5.26 Å². The summed E-state index contributed by atoms with van der Waals surface area (Å²) in [5.41, 5.74) is 2.55. The number of nitrogens with zero attached hydrogens (tertiary/aromatic N) is 2. The molecule has 0 spiro atoms. The molecule has 182 valence electrons. The number of nitriles is 1. The van der Waals surface area contributed by atoms with Gasteiger partial charge < -0.3 is 29.8 Å². The van der Waals surface area contributed by atoms with Gasteiger partial charge in [-0.3, -0.25) is 0 Å². The molecule has 1 unspecified atom stereocenters. The molecular formula is C25H27N5O5. The van der Waals surface area contributed by atoms with E-state index in [-0.39, 0.29) is 18.9 Å². The van der Waals surface area contributed by atoms with Crippen LogP contribution in [0, 0.1) is 17.2 Å². The van der Waals surface area contributed by atoms with Gasteiger partial charge in [-0.2, -0.15) is 5.26 Å². The van der Waals surface area contributed by atoms with Gasteiger partial charge in [-0.05, 0) is 35.7 Å². The summed E-state index contributed by atoms with van der Waals surface area (Å²) < 4.78 is 16.0. The number of carbonyl (C=O) groups is 2. The summed E-state index contributed by atoms with van der Waals surface area (Å²) in [6.45, 7) is 3.97. The van der Waals surface area contributed by atoms with Crippen LogP contribution in [0.15, 0.2) is 59.5 Å². The lowest BCUT2D eigenvalue weighted by molar-refractivity contribution is 0.0735. The average molecular weight is 478 g/mol. The van der Waals surface area contributed by atoms with E-state index in [0.29, 0.717) is 28.4 Å². The molecule has 3 rings (SSSR count). The number of hydrogen-bond donors (Lipinski definition) is 3. The van der Waals surface area contributed by atoms with Crippen LogP contribution in [0.1, 0.15) is 25.8 Å². The molecule has 35 heavy (non-hydrogen) atoms. The van der Waals surface area contributed by atoms with Crippen LogP contribution < -0.4 is 20.7 Å². The predicted octanol–water partition coefficient (Wildman–Crippen LogP) is 5.16. The van der Waals surface area contributed by atoms with E-state index in [9.17, 15) is 9.59 Å². The summed E-state index contributed by atoms with van der Waals surface area (Å²) >= 11 is 0. The van der Waals surface area contributed by atoms with E-state index in [1.807, 2.05) is 26.0 Å². The molecule has 0 aliphatic rings. The van der Waals surface area contributed by atoms with Crippen molar-refractivity contribution >= 4 is 23.5 Å². The fourth-order valence-corrected chi connectivity index (χ4v) is 3.23. The number of ether oxygens (including phenoxy) is 2. The molecule has 0 saturated carbocycles. The van der Waals surface area contributed by atoms with E-state index in [4.69, 9.17) is 19.2 Å². The molecule has 0 aliphatic heterocycles. The number of hydrogen-bond acceptors (Lipinski definition) is 7. The lowest BCUT2D eigenvalue weighted by atomic mass is 10.1. The van der Waals surface area contributed by atoms with E-state index >= 15 is 0 Å². The first kappa shape index (κ1) is 25.1. The topological polar surface area (TPSA) is 139 Å². The first-order valence-electron chi connectivity index (χ1n) is 10.9. The second-order valence-corrected chi connectivity index (χ2v) is 7.96. The normalized spacial score (nSPS) is 11.3. The lowest BCUT2D eigenvalue weighted by Gasteiger charge is -2.19. The Bertz CT molecular complexity index is 1190. The van der Waals surface area contributed by atoms with Gasteiger partial charge in [0.05, 0.1) is 31.4 Å². The molecule has 2 aromatic carbocycles. The SMILES string of the molecule is COc1cc(NC(=O)Nc2cccc(CNC(=O)OC(CC#N)C(C)C)c2)ccc1-c1cnco1. The Morgan fingerprint density at radius 3 is 2.57 bits per heavy atom. The van der Waals surface area contributed by atoms with Crippen LogP contribution in [0.5, 0.6) is 5.75 Å². The summed E-state index contributed by atoms with van der Waals surface area (Å²) in [6.07, 6.45) is 1.97. The first-order valence-corrected chi connectivity index (χ1v) is 10.9. The highest BCUT2D eigenvalue weighted by molar-refractivity contribution is 6.00. The zero-order valence-corrected chi connectivity index (χ0v) is 19.7. The monoisotopic (exact) mass is 477 g/mol. The molecule has 0 aliphatic carbocycles. The third-order valence-corrected chi connectivity index (χ3v) is 5.07. The second kappa shape index (κ2) is 12.1. The summed E-state index contributed by atoms with van der Waals surface area (Å²) in [4.78, 5) is 28.5. The number of carbonyl (C=O) groups excluding carboxylic acids is 2. The molecule has 3 N–H and O–H groups in total. The maximum Gasteiger partial charge on any atom is 0.407 e. The van der Waals surface area contributed by atoms with Crippen LogP contribution in [0.4, 0.5) is 21.0 Å². The summed E-state index contributed by atoms with van der Waals surface area (Å²) in [7, 11) is 1.53. The Balaban J connectivity index is 1.56. The van der Waals surface area contributed by atoms with E-state index in [0.717, 1.165) is 5.56 Å². The molecule has 10 heteroatoms. The van der Waals surface area contributed by atoms with Gasteiger partial charge in [-0.25, -0.2) is 14.6 Å². The second-order valence-electron chi connectivity index (χ2n) is 7.96. The molecule has 1 atom stereocenters. The third-order valence-electron chi connectivity index (χ3n) is 5.07. The predicted molar refractivity (Wildman–Crippen MR) is 130 cm³/mol. The number of anilines is 2. The quantitative estimate of drug-likeness (QED) is 0.387. The molecule has 3 amide bonds. The third kappa shape index (κ3) is 7.23. The number of urea groups is 1. The zero-order valence-electron chi connectivity index (χ0n) is 19.7. The van der Waals surface area contributed by atoms with Crippen molar-refractivity contribution in [1.82, 2.24) is 10.3 Å². The van der Waals surface area contributed by atoms with Crippen LogP contribution in [0.25, 0.3) is 11.3 Å². The fraction of sp³-hybridized carbons (Fsp3) is 0.280. The lowest BCUT2D eigenvalue weighted by Crippen LogP contribution is -2.31. The van der Waals surface area contributed by atoms with E-state index in [1.54, 1.807) is 42.6 Å². The van der Waals surface area contributed by atoms with Crippen molar-refractivity contribution in [3.63, 3.8) is 0 Å². The van der Waals surface area contributed by atoms with Gasteiger partial charge >= 0.3 is 12.1 Å². The van der Waals surface area contributed by atoms with Crippen molar-refractivity contribution in [2.75, 3.05) is 17.7 Å². The Morgan fingerprint density at radius 2 is 1.91 bits per heavy atom. The maximum atomic E-state index is 12.5. The highest BCUT2D eigenvalue weighted by atomic mass is 16.6. The molecule has 0 radical (unpaired) electrons. The van der Waals surface area contributed by atoms with Crippen molar-refractivity contribution in [3.8, 4) is 23.1 Å². The number of benzene rings is 2. The van der Waals surface area contributed by atoms with Crippen LogP contribution in [0.3, 0.4) is 0 Å². The molecule has 1 aromatic heterocycles. The van der Waals surface area contributed by atoms with Crippen LogP contribution in [-0.4, -0.2) is 30.3 Å². The number of amides is 3. The van der Waals surface area contributed by atoms with Crippen LogP contribution in [0.2, 0.25) is 0 Å². The van der Waals surface area contributed by atoms with Crippen molar-refractivity contribution < 1.29 is 23.5 Å². The Kier molecular flexibility index (Phi) is 8.67. The largest absolute Gasteiger partial charge is 0.496 e. The van der Waals surface area contributed by atoms with Crippen molar-refractivity contribution in [2.24, 2.45) is 5.92 Å². The number of alkyl carbamates (subject to hydrolysis) is 1. The fourth-order valence-electron chi connectivity index (χ4n) is 3.23. The highest BCUT2D eigenvalue weighted by Gasteiger charge is 2.18. The standard InChI is InChI=1S/C25H27N5O5/c1-16(2)21(9-10-26)35-25(32)28-13-17-5-4-6-18(11-17)29-24(31)30-19-7-8-20(22(12-19)33-3)23-14-27-15-34-23/h4-8,11-12,14-16,21H,9,13H2,1-3H3,(H,28,32)(H2,29,30,31). The van der Waals surface area contributed by atoms with E-state index < -0.39 is 18.2 Å². The minimum atomic E-state index is -0.599. The molecule has 0 bridgehead atoms. The molecular weight excluding hydrogens is 450 g/mol. The Labute approximate surface area is 203 Å². The molecule has 3 aromatic rings. The van der Waals surface area contributed by atoms with E-state index in [2.05, 4.69) is 20.9 Å². The summed E-state index contributed by atoms with van der Waals surface area (Å²) in [5, 5.41) is 17.1. The number of oxazole rings is 1. The van der Waals surface area contributed by atoms with Crippen LogP contribution >= 0.6 is 0 Å². The molecule has 0 saturated heterocycles. The number of methoxy groups -OCH3 is 1. The van der Waals surface area contributed by atoms with Gasteiger partial charge in [0, 0.05) is 24.0 Å². The molecule has 1 heterocycles. The first-order chi connectivity index (χ1) is 16.9. The highest BCUT2D eigenvalue weighted by Crippen LogP contribution is 2.32. The van der Waals surface area contributed by atoms with Gasteiger partial charge in [-0.1, -0.05) is 26.0 Å². The Hall–Kier alpha value is -4.52. The van der Waals surface area contributed by atoms with Gasteiger partial charge in [0.25, 0.3) is 0 Å².